The van der Waals surface area contributed by atoms with Gasteiger partial charge in [-0.2, -0.15) is 0 Å². The van der Waals surface area contributed by atoms with Crippen molar-refractivity contribution in [2.75, 3.05) is 6.61 Å². The van der Waals surface area contributed by atoms with Crippen LogP contribution in [0.15, 0.2) is 18.2 Å². The number of carboxylic acids is 1. The van der Waals surface area contributed by atoms with Crippen LogP contribution in [0.5, 0.6) is 5.75 Å². The number of hydrogen-bond donors (Lipinski definition) is 1. The number of rotatable bonds is 5. The van der Waals surface area contributed by atoms with Gasteiger partial charge in [-0.3, -0.25) is 0 Å². The van der Waals surface area contributed by atoms with Crippen LogP contribution < -0.4 is 9.84 Å². The number of ether oxygens (including phenoxy) is 1. The maximum Gasteiger partial charge on any atom is 0.128 e. The van der Waals surface area contributed by atoms with Crippen LogP contribution in [-0.2, 0) is 17.8 Å². The van der Waals surface area contributed by atoms with Crippen LogP contribution in [0.25, 0.3) is 0 Å². The first kappa shape index (κ1) is 11.5. The Hall–Kier alpha value is -1.55. The van der Waals surface area contributed by atoms with Gasteiger partial charge in [-0.05, 0) is 18.1 Å². The average molecular weight is 209 g/mol. The molecule has 0 atom stereocenters. The molecule has 15 heavy (non-hydrogen) atoms. The fourth-order valence-electron chi connectivity index (χ4n) is 1.22. The van der Waals surface area contributed by atoms with Crippen molar-refractivity contribution in [1.29, 1.82) is 0 Å². The zero-order valence-electron chi connectivity index (χ0n) is 8.53. The lowest BCUT2D eigenvalue weighted by molar-refractivity contribution is -0.307. The molecule has 0 bridgehead atoms. The number of aryl methyl sites for hydroxylation is 1. The van der Waals surface area contributed by atoms with Gasteiger partial charge < -0.3 is 19.7 Å². The van der Waals surface area contributed by atoms with Gasteiger partial charge in [0, 0.05) is 5.56 Å². The molecule has 1 aromatic rings. The molecular formula is C11H13O4-. The molecule has 0 aromatic heterocycles. The molecular weight excluding hydrogens is 196 g/mol. The molecule has 0 amide bonds. The van der Waals surface area contributed by atoms with Gasteiger partial charge in [0.2, 0.25) is 0 Å². The molecule has 0 fully saturated rings. The molecule has 0 heterocycles. The van der Waals surface area contributed by atoms with E-state index in [9.17, 15) is 9.90 Å². The van der Waals surface area contributed by atoms with Crippen molar-refractivity contribution in [2.24, 2.45) is 0 Å². The highest BCUT2D eigenvalue weighted by atomic mass is 16.5. The van der Waals surface area contributed by atoms with Crippen molar-refractivity contribution in [3.05, 3.63) is 29.3 Å². The highest BCUT2D eigenvalue weighted by Gasteiger charge is 2.03. The summed E-state index contributed by atoms with van der Waals surface area (Å²) in [5.41, 5.74) is 1.61. The Morgan fingerprint density at radius 1 is 1.53 bits per heavy atom. The van der Waals surface area contributed by atoms with Gasteiger partial charge in [0.1, 0.15) is 12.4 Å². The van der Waals surface area contributed by atoms with E-state index in [0.29, 0.717) is 11.3 Å². The third kappa shape index (κ3) is 3.25. The number of carbonyl (C=O) groups excluding carboxylic acids is 1. The van der Waals surface area contributed by atoms with Crippen molar-refractivity contribution >= 4 is 5.97 Å². The van der Waals surface area contributed by atoms with E-state index in [4.69, 9.17) is 9.84 Å². The predicted octanol–water partition coefficient (Wildman–Crippen LogP) is -0.130. The number of aliphatic carboxylic acids is 1. The molecule has 0 spiro atoms. The SMILES string of the molecule is CCc1ccc(CO)c(OCC(=O)[O-])c1. The fraction of sp³-hybridized carbons (Fsp3) is 0.364. The summed E-state index contributed by atoms with van der Waals surface area (Å²) in [5.74, 6) is -0.873. The van der Waals surface area contributed by atoms with E-state index in [2.05, 4.69) is 0 Å². The Balaban J connectivity index is 2.85. The molecule has 0 aliphatic heterocycles. The Morgan fingerprint density at radius 3 is 2.80 bits per heavy atom. The molecule has 82 valence electrons. The van der Waals surface area contributed by atoms with E-state index in [1.807, 2.05) is 13.0 Å². The zero-order valence-corrected chi connectivity index (χ0v) is 8.53. The molecule has 0 aliphatic carbocycles. The lowest BCUT2D eigenvalue weighted by Gasteiger charge is -2.11. The van der Waals surface area contributed by atoms with Crippen molar-refractivity contribution in [2.45, 2.75) is 20.0 Å². The third-order valence-corrected chi connectivity index (χ3v) is 2.06. The maximum atomic E-state index is 10.2. The normalized spacial score (nSPS) is 10.0. The fourth-order valence-corrected chi connectivity index (χ4v) is 1.22. The molecule has 0 aliphatic rings. The second-order valence-corrected chi connectivity index (χ2v) is 3.11. The van der Waals surface area contributed by atoms with Gasteiger partial charge >= 0.3 is 0 Å². The summed E-state index contributed by atoms with van der Waals surface area (Å²) in [6.07, 6.45) is 0.827. The number of carbonyl (C=O) groups is 1. The van der Waals surface area contributed by atoms with Crippen molar-refractivity contribution in [1.82, 2.24) is 0 Å². The summed E-state index contributed by atoms with van der Waals surface area (Å²) >= 11 is 0. The van der Waals surface area contributed by atoms with Crippen molar-refractivity contribution in [3.8, 4) is 5.75 Å². The van der Waals surface area contributed by atoms with Crippen LogP contribution in [0, 0.1) is 0 Å². The Bertz CT molecular complexity index is 346. The smallest absolute Gasteiger partial charge is 0.128 e. The van der Waals surface area contributed by atoms with E-state index in [1.54, 1.807) is 12.1 Å². The van der Waals surface area contributed by atoms with E-state index in [-0.39, 0.29) is 6.61 Å². The van der Waals surface area contributed by atoms with Crippen LogP contribution in [-0.4, -0.2) is 17.7 Å². The lowest BCUT2D eigenvalue weighted by atomic mass is 10.1. The molecule has 1 rings (SSSR count). The Morgan fingerprint density at radius 2 is 2.27 bits per heavy atom. The molecule has 0 radical (unpaired) electrons. The predicted molar refractivity (Wildman–Crippen MR) is 52.2 cm³/mol. The number of aliphatic hydroxyl groups is 1. The molecule has 4 nitrogen and oxygen atoms in total. The van der Waals surface area contributed by atoms with Crippen LogP contribution in [0.2, 0.25) is 0 Å². The van der Waals surface area contributed by atoms with E-state index >= 15 is 0 Å². The Labute approximate surface area is 88.1 Å². The topological polar surface area (TPSA) is 69.6 Å². The van der Waals surface area contributed by atoms with Crippen LogP contribution in [0.1, 0.15) is 18.1 Å². The first-order valence-electron chi connectivity index (χ1n) is 4.72. The highest BCUT2D eigenvalue weighted by molar-refractivity contribution is 5.66. The number of hydrogen-bond acceptors (Lipinski definition) is 4. The quantitative estimate of drug-likeness (QED) is 0.733. The van der Waals surface area contributed by atoms with Crippen LogP contribution in [0.3, 0.4) is 0 Å². The third-order valence-electron chi connectivity index (χ3n) is 2.06. The van der Waals surface area contributed by atoms with E-state index < -0.39 is 12.6 Å². The van der Waals surface area contributed by atoms with Crippen LogP contribution in [0.4, 0.5) is 0 Å². The second-order valence-electron chi connectivity index (χ2n) is 3.11. The van der Waals surface area contributed by atoms with Gasteiger partial charge in [-0.1, -0.05) is 19.1 Å². The average Bonchev–Trinajstić information content (AvgIpc) is 2.25. The van der Waals surface area contributed by atoms with Gasteiger partial charge in [0.15, 0.2) is 0 Å². The van der Waals surface area contributed by atoms with Gasteiger partial charge in [-0.15, -0.1) is 0 Å². The molecule has 0 saturated carbocycles. The summed E-state index contributed by atoms with van der Waals surface area (Å²) in [6, 6.07) is 5.33. The first-order valence-corrected chi connectivity index (χ1v) is 4.72. The molecule has 1 aromatic carbocycles. The summed E-state index contributed by atoms with van der Waals surface area (Å²) in [4.78, 5) is 10.2. The lowest BCUT2D eigenvalue weighted by Crippen LogP contribution is -2.29. The first-order chi connectivity index (χ1) is 7.17. The van der Waals surface area contributed by atoms with E-state index in [1.165, 1.54) is 0 Å². The minimum atomic E-state index is -1.28. The summed E-state index contributed by atoms with van der Waals surface area (Å²) < 4.78 is 5.01. The van der Waals surface area contributed by atoms with Crippen LogP contribution >= 0.6 is 0 Å². The minimum Gasteiger partial charge on any atom is -0.546 e. The van der Waals surface area contributed by atoms with Gasteiger partial charge in [-0.25, -0.2) is 0 Å². The second kappa shape index (κ2) is 5.36. The molecule has 4 heteroatoms. The molecule has 0 saturated heterocycles. The maximum absolute atomic E-state index is 10.2. The Kier molecular flexibility index (Phi) is 4.12. The zero-order chi connectivity index (χ0) is 11.3. The minimum absolute atomic E-state index is 0.174. The largest absolute Gasteiger partial charge is 0.546 e. The number of aliphatic hydroxyl groups excluding tert-OH is 1. The van der Waals surface area contributed by atoms with Crippen molar-refractivity contribution < 1.29 is 19.7 Å². The molecule has 0 unspecified atom stereocenters. The van der Waals surface area contributed by atoms with E-state index in [0.717, 1.165) is 12.0 Å². The summed E-state index contributed by atoms with van der Waals surface area (Å²) in [6.45, 7) is 1.31. The standard InChI is InChI=1S/C11H14O4/c1-2-8-3-4-9(6-12)10(5-8)15-7-11(13)14/h3-5,12H,2,6-7H2,1H3,(H,13,14)/p-1. The summed E-state index contributed by atoms with van der Waals surface area (Å²) in [5, 5.41) is 19.2. The number of carboxylic acid groups (broad SMARTS) is 1. The van der Waals surface area contributed by atoms with Gasteiger partial charge in [0.25, 0.3) is 0 Å². The monoisotopic (exact) mass is 209 g/mol. The highest BCUT2D eigenvalue weighted by Crippen LogP contribution is 2.20. The number of benzene rings is 1. The van der Waals surface area contributed by atoms with Gasteiger partial charge in [0.05, 0.1) is 12.6 Å². The summed E-state index contributed by atoms with van der Waals surface area (Å²) in [7, 11) is 0. The van der Waals surface area contributed by atoms with Crippen molar-refractivity contribution in [3.63, 3.8) is 0 Å². The molecule has 1 N–H and O–H groups in total.